The molecule has 180 valence electrons. The molecule has 0 fully saturated rings. The Morgan fingerprint density at radius 1 is 0.743 bits per heavy atom. The van der Waals surface area contributed by atoms with E-state index in [-0.39, 0.29) is 10.5 Å². The van der Waals surface area contributed by atoms with Gasteiger partial charge in [-0.2, -0.15) is 0 Å². The van der Waals surface area contributed by atoms with Gasteiger partial charge in [0.2, 0.25) is 0 Å². The zero-order chi connectivity index (χ0) is 25.0. The minimum absolute atomic E-state index is 0.154. The molecule has 0 radical (unpaired) electrons. The van der Waals surface area contributed by atoms with Crippen LogP contribution in [-0.2, 0) is 20.6 Å². The van der Waals surface area contributed by atoms with Crippen molar-refractivity contribution in [3.63, 3.8) is 0 Å². The first-order chi connectivity index (χ1) is 16.8. The Labute approximate surface area is 209 Å². The highest BCUT2D eigenvalue weighted by molar-refractivity contribution is 7.91. The molecule has 0 amide bonds. The van der Waals surface area contributed by atoms with E-state index in [1.54, 1.807) is 66.7 Å². The number of hydrogen-bond donors (Lipinski definition) is 0. The average molecular weight is 507 g/mol. The van der Waals surface area contributed by atoms with E-state index in [2.05, 4.69) is 0 Å². The number of alkyl halides is 1. The first-order valence-corrected chi connectivity index (χ1v) is 14.1. The van der Waals surface area contributed by atoms with Crippen molar-refractivity contribution >= 4 is 20.6 Å². The standard InChI is InChI=1S/C29H27FO3S2/c1-21-12-16-23(17-13-21)27(20-35(32,33)25-8-4-3-5-9-25)29(30)26-10-6-7-11-28(26)34(31)24-18-14-22(2)15-19-24/h3-19,27,29H,20H2,1-2H3/t27-,29+,34+/m1/s1. The fourth-order valence-electron chi connectivity index (χ4n) is 4.01. The molecule has 0 bridgehead atoms. The molecule has 0 spiro atoms. The van der Waals surface area contributed by atoms with E-state index in [1.165, 1.54) is 12.1 Å². The minimum atomic E-state index is -3.78. The van der Waals surface area contributed by atoms with Gasteiger partial charge in [-0.15, -0.1) is 0 Å². The largest absolute Gasteiger partial charge is 0.249 e. The Balaban J connectivity index is 1.77. The van der Waals surface area contributed by atoms with E-state index in [0.29, 0.717) is 15.4 Å². The second-order valence-electron chi connectivity index (χ2n) is 8.63. The van der Waals surface area contributed by atoms with Crippen LogP contribution in [-0.4, -0.2) is 18.4 Å². The Hall–Kier alpha value is -3.09. The lowest BCUT2D eigenvalue weighted by atomic mass is 9.91. The number of benzene rings is 4. The lowest BCUT2D eigenvalue weighted by Gasteiger charge is -2.24. The highest BCUT2D eigenvalue weighted by Crippen LogP contribution is 2.39. The zero-order valence-corrected chi connectivity index (χ0v) is 21.2. The van der Waals surface area contributed by atoms with Gasteiger partial charge in [-0.1, -0.05) is 83.9 Å². The first kappa shape index (κ1) is 25.0. The molecule has 4 rings (SSSR count). The summed E-state index contributed by atoms with van der Waals surface area (Å²) in [6.07, 6.45) is -1.68. The van der Waals surface area contributed by atoms with Crippen LogP contribution in [0.3, 0.4) is 0 Å². The number of rotatable bonds is 8. The minimum Gasteiger partial charge on any atom is -0.249 e. The molecule has 0 saturated heterocycles. The molecule has 0 N–H and O–H groups in total. The van der Waals surface area contributed by atoms with Gasteiger partial charge in [-0.3, -0.25) is 0 Å². The molecule has 4 aromatic rings. The predicted molar refractivity (Wildman–Crippen MR) is 139 cm³/mol. The predicted octanol–water partition coefficient (Wildman–Crippen LogP) is 6.74. The lowest BCUT2D eigenvalue weighted by molar-refractivity contribution is 0.295. The molecule has 3 atom stereocenters. The van der Waals surface area contributed by atoms with E-state index >= 15 is 4.39 Å². The van der Waals surface area contributed by atoms with Crippen LogP contribution >= 0.6 is 0 Å². The summed E-state index contributed by atoms with van der Waals surface area (Å²) in [5, 5.41) is 0. The van der Waals surface area contributed by atoms with Crippen LogP contribution in [0.5, 0.6) is 0 Å². The molecule has 0 aliphatic rings. The van der Waals surface area contributed by atoms with Gasteiger partial charge < -0.3 is 0 Å². The van der Waals surface area contributed by atoms with Crippen LogP contribution < -0.4 is 0 Å². The molecule has 0 aliphatic heterocycles. The van der Waals surface area contributed by atoms with Gasteiger partial charge in [0.05, 0.1) is 21.4 Å². The van der Waals surface area contributed by atoms with Crippen molar-refractivity contribution in [3.8, 4) is 0 Å². The monoisotopic (exact) mass is 506 g/mol. The second kappa shape index (κ2) is 10.7. The Kier molecular flexibility index (Phi) is 7.63. The number of halogens is 1. The third-order valence-electron chi connectivity index (χ3n) is 6.01. The molecule has 0 aromatic heterocycles. The Morgan fingerprint density at radius 2 is 1.29 bits per heavy atom. The van der Waals surface area contributed by atoms with Crippen LogP contribution in [0.15, 0.2) is 118 Å². The van der Waals surface area contributed by atoms with Crippen molar-refractivity contribution in [2.24, 2.45) is 0 Å². The molecule has 3 nitrogen and oxygen atoms in total. The van der Waals surface area contributed by atoms with Crippen molar-refractivity contribution < 1.29 is 17.0 Å². The van der Waals surface area contributed by atoms with E-state index in [1.807, 2.05) is 38.1 Å². The van der Waals surface area contributed by atoms with Gasteiger partial charge in [-0.25, -0.2) is 17.0 Å². The van der Waals surface area contributed by atoms with Crippen LogP contribution in [0.2, 0.25) is 0 Å². The molecule has 0 heterocycles. The Bertz CT molecular complexity index is 1420. The molecule has 35 heavy (non-hydrogen) atoms. The molecule has 4 aromatic carbocycles. The van der Waals surface area contributed by atoms with Crippen LogP contribution in [0, 0.1) is 13.8 Å². The smallest absolute Gasteiger partial charge is 0.179 e. The third kappa shape index (κ3) is 5.77. The highest BCUT2D eigenvalue weighted by Gasteiger charge is 2.33. The summed E-state index contributed by atoms with van der Waals surface area (Å²) in [5.74, 6) is -1.39. The van der Waals surface area contributed by atoms with E-state index in [4.69, 9.17) is 0 Å². The van der Waals surface area contributed by atoms with E-state index < -0.39 is 38.5 Å². The molecular weight excluding hydrogens is 479 g/mol. The van der Waals surface area contributed by atoms with Crippen LogP contribution in [0.25, 0.3) is 0 Å². The first-order valence-electron chi connectivity index (χ1n) is 11.3. The maximum atomic E-state index is 16.4. The quantitative estimate of drug-likeness (QED) is 0.266. The topological polar surface area (TPSA) is 51.2 Å². The van der Waals surface area contributed by atoms with Crippen molar-refractivity contribution in [1.29, 1.82) is 0 Å². The third-order valence-corrected chi connectivity index (χ3v) is 9.27. The number of hydrogen-bond acceptors (Lipinski definition) is 3. The summed E-state index contributed by atoms with van der Waals surface area (Å²) in [6, 6.07) is 29.3. The maximum absolute atomic E-state index is 16.4. The van der Waals surface area contributed by atoms with E-state index in [9.17, 15) is 12.6 Å². The van der Waals surface area contributed by atoms with Crippen molar-refractivity contribution in [1.82, 2.24) is 0 Å². The summed E-state index contributed by atoms with van der Waals surface area (Å²) in [4.78, 5) is 1.07. The average Bonchev–Trinajstić information content (AvgIpc) is 2.88. The van der Waals surface area contributed by atoms with Gasteiger partial charge in [-0.05, 0) is 49.7 Å². The maximum Gasteiger partial charge on any atom is 0.179 e. The van der Waals surface area contributed by atoms with Gasteiger partial charge in [0, 0.05) is 21.3 Å². The number of sulfone groups is 1. The van der Waals surface area contributed by atoms with Crippen LogP contribution in [0.1, 0.15) is 34.3 Å². The summed E-state index contributed by atoms with van der Waals surface area (Å²) >= 11 is 0. The summed E-state index contributed by atoms with van der Waals surface area (Å²) < 4.78 is 56.4. The summed E-state index contributed by atoms with van der Waals surface area (Å²) in [7, 11) is -5.39. The van der Waals surface area contributed by atoms with Gasteiger partial charge >= 0.3 is 0 Å². The molecule has 0 aliphatic carbocycles. The van der Waals surface area contributed by atoms with Crippen molar-refractivity contribution in [3.05, 3.63) is 125 Å². The van der Waals surface area contributed by atoms with Crippen LogP contribution in [0.4, 0.5) is 4.39 Å². The molecule has 0 unspecified atom stereocenters. The molecular formula is C29H27FO3S2. The zero-order valence-electron chi connectivity index (χ0n) is 19.6. The number of aryl methyl sites for hydroxylation is 2. The van der Waals surface area contributed by atoms with Gasteiger partial charge in [0.15, 0.2) is 9.84 Å². The van der Waals surface area contributed by atoms with Crippen molar-refractivity contribution in [2.45, 2.75) is 40.6 Å². The summed E-state index contributed by atoms with van der Waals surface area (Å²) in [6.45, 7) is 3.87. The summed E-state index contributed by atoms with van der Waals surface area (Å²) in [5.41, 5.74) is 2.85. The fourth-order valence-corrected chi connectivity index (χ4v) is 6.84. The fraction of sp³-hybridized carbons (Fsp3) is 0.172. The van der Waals surface area contributed by atoms with E-state index in [0.717, 1.165) is 11.1 Å². The molecule has 0 saturated carbocycles. The Morgan fingerprint density at radius 3 is 1.91 bits per heavy atom. The second-order valence-corrected chi connectivity index (χ2v) is 12.1. The van der Waals surface area contributed by atoms with Gasteiger partial charge in [0.1, 0.15) is 6.17 Å². The molecule has 6 heteroatoms. The van der Waals surface area contributed by atoms with Gasteiger partial charge in [0.25, 0.3) is 0 Å². The normalized spacial score (nSPS) is 14.3. The SMILES string of the molecule is Cc1ccc([C@@H](CS(=O)(=O)c2ccccc2)[C@@H](F)c2ccccc2[S@@](=O)c2ccc(C)cc2)cc1. The highest BCUT2D eigenvalue weighted by atomic mass is 32.2. The lowest BCUT2D eigenvalue weighted by Crippen LogP contribution is -2.20. The van der Waals surface area contributed by atoms with Crippen molar-refractivity contribution in [2.75, 3.05) is 5.75 Å².